The number of carbonyl (C=O) groups is 3. The molecule has 0 aliphatic carbocycles. The lowest BCUT2D eigenvalue weighted by molar-refractivity contribution is -0.119. The summed E-state index contributed by atoms with van der Waals surface area (Å²) in [6, 6.07) is 16.3. The molecule has 0 saturated heterocycles. The highest BCUT2D eigenvalue weighted by Crippen LogP contribution is 2.51. The molecule has 1 aliphatic rings. The summed E-state index contributed by atoms with van der Waals surface area (Å²) in [7, 11) is 0. The third-order valence-corrected chi connectivity index (χ3v) is 5.07. The lowest BCUT2D eigenvalue weighted by Crippen LogP contribution is -2.45. The number of nitrogens with two attached hydrogens (primary N) is 2. The summed E-state index contributed by atoms with van der Waals surface area (Å²) in [6.45, 7) is 0. The maximum atomic E-state index is 13.6. The third-order valence-electron chi connectivity index (χ3n) is 5.07. The second-order valence-electron chi connectivity index (χ2n) is 6.82. The van der Waals surface area contributed by atoms with Crippen molar-refractivity contribution in [3.63, 3.8) is 0 Å². The van der Waals surface area contributed by atoms with Crippen LogP contribution in [-0.2, 0) is 9.59 Å². The Morgan fingerprint density at radius 3 is 2.04 bits per heavy atom. The molecular weight excluding hydrogens is 344 g/mol. The van der Waals surface area contributed by atoms with Gasteiger partial charge >= 0.3 is 0 Å². The van der Waals surface area contributed by atoms with Gasteiger partial charge in [0.2, 0.25) is 11.8 Å². The molecule has 2 amide bonds. The van der Waals surface area contributed by atoms with Crippen LogP contribution < -0.4 is 16.2 Å². The van der Waals surface area contributed by atoms with Crippen LogP contribution in [0, 0.1) is 5.41 Å². The molecule has 6 heteroatoms. The molecule has 140 valence electrons. The fourth-order valence-electron chi connectivity index (χ4n) is 3.71. The van der Waals surface area contributed by atoms with Crippen molar-refractivity contribution in [2.75, 3.05) is 0 Å². The SMILES string of the molecule is NC(=O)CCC1(CCC(N)=O)C(=O)c2ccccc2OC1c1ccccc1. The van der Waals surface area contributed by atoms with Crippen molar-refractivity contribution in [1.29, 1.82) is 0 Å². The Morgan fingerprint density at radius 1 is 0.889 bits per heavy atom. The van der Waals surface area contributed by atoms with Crippen molar-refractivity contribution < 1.29 is 19.1 Å². The molecular formula is C21H22N2O4. The van der Waals surface area contributed by atoms with E-state index in [0.717, 1.165) is 5.56 Å². The van der Waals surface area contributed by atoms with Crippen LogP contribution in [0.4, 0.5) is 0 Å². The van der Waals surface area contributed by atoms with E-state index in [2.05, 4.69) is 0 Å². The Bertz CT molecular complexity index is 845. The van der Waals surface area contributed by atoms with Crippen LogP contribution in [0.1, 0.15) is 47.7 Å². The van der Waals surface area contributed by atoms with E-state index in [0.29, 0.717) is 11.3 Å². The number of ether oxygens (including phenoxy) is 1. The molecule has 4 N–H and O–H groups in total. The van der Waals surface area contributed by atoms with Crippen molar-refractivity contribution in [3.8, 4) is 5.75 Å². The quantitative estimate of drug-likeness (QED) is 0.784. The average Bonchev–Trinajstić information content (AvgIpc) is 2.67. The number of Topliss-reactive ketones (excluding diaryl/α,β-unsaturated/α-hetero) is 1. The van der Waals surface area contributed by atoms with Crippen LogP contribution in [0.2, 0.25) is 0 Å². The molecule has 1 atom stereocenters. The van der Waals surface area contributed by atoms with Crippen LogP contribution >= 0.6 is 0 Å². The van der Waals surface area contributed by atoms with Gasteiger partial charge in [-0.05, 0) is 30.5 Å². The number of carbonyl (C=O) groups excluding carboxylic acids is 3. The second-order valence-corrected chi connectivity index (χ2v) is 6.82. The van der Waals surface area contributed by atoms with Gasteiger partial charge in [0, 0.05) is 12.8 Å². The molecule has 0 aromatic heterocycles. The predicted octanol–water partition coefficient (Wildman–Crippen LogP) is 2.52. The van der Waals surface area contributed by atoms with E-state index >= 15 is 0 Å². The molecule has 1 heterocycles. The van der Waals surface area contributed by atoms with Crippen LogP contribution in [0.15, 0.2) is 54.6 Å². The molecule has 2 aromatic carbocycles. The van der Waals surface area contributed by atoms with Gasteiger partial charge in [-0.1, -0.05) is 42.5 Å². The summed E-state index contributed by atoms with van der Waals surface area (Å²) in [5.41, 5.74) is 10.9. The van der Waals surface area contributed by atoms with E-state index in [1.807, 2.05) is 30.3 Å². The Balaban J connectivity index is 2.14. The zero-order valence-electron chi connectivity index (χ0n) is 14.9. The molecule has 0 fully saturated rings. The summed E-state index contributed by atoms with van der Waals surface area (Å²) in [4.78, 5) is 36.6. The zero-order chi connectivity index (χ0) is 19.4. The number of hydrogen-bond donors (Lipinski definition) is 2. The number of ketones is 1. The van der Waals surface area contributed by atoms with Crippen LogP contribution in [0.3, 0.4) is 0 Å². The van der Waals surface area contributed by atoms with Gasteiger partial charge in [-0.15, -0.1) is 0 Å². The molecule has 1 unspecified atom stereocenters. The number of hydrogen-bond acceptors (Lipinski definition) is 4. The summed E-state index contributed by atoms with van der Waals surface area (Å²) in [6.07, 6.45) is -0.247. The van der Waals surface area contributed by atoms with Gasteiger partial charge in [-0.2, -0.15) is 0 Å². The zero-order valence-corrected chi connectivity index (χ0v) is 14.9. The minimum atomic E-state index is -1.10. The van der Waals surface area contributed by atoms with Gasteiger partial charge in [0.15, 0.2) is 5.78 Å². The monoisotopic (exact) mass is 366 g/mol. The van der Waals surface area contributed by atoms with E-state index in [9.17, 15) is 14.4 Å². The minimum Gasteiger partial charge on any atom is -0.484 e. The minimum absolute atomic E-state index is 0.0133. The Hall–Kier alpha value is -3.15. The van der Waals surface area contributed by atoms with Gasteiger partial charge in [-0.3, -0.25) is 14.4 Å². The first-order valence-corrected chi connectivity index (χ1v) is 8.86. The summed E-state index contributed by atoms with van der Waals surface area (Å²) in [5, 5.41) is 0. The van der Waals surface area contributed by atoms with Gasteiger partial charge in [-0.25, -0.2) is 0 Å². The largest absolute Gasteiger partial charge is 0.484 e. The van der Waals surface area contributed by atoms with E-state index in [4.69, 9.17) is 16.2 Å². The first-order chi connectivity index (χ1) is 12.9. The normalized spacial score (nSPS) is 17.6. The summed E-state index contributed by atoms with van der Waals surface area (Å²) in [5.74, 6) is -0.676. The van der Waals surface area contributed by atoms with Gasteiger partial charge in [0.25, 0.3) is 0 Å². The number of benzene rings is 2. The Labute approximate surface area is 157 Å². The van der Waals surface area contributed by atoms with Crippen molar-refractivity contribution in [1.82, 2.24) is 0 Å². The van der Waals surface area contributed by atoms with E-state index in [-0.39, 0.29) is 31.5 Å². The lowest BCUT2D eigenvalue weighted by Gasteiger charge is -2.43. The highest BCUT2D eigenvalue weighted by Gasteiger charge is 2.51. The molecule has 0 spiro atoms. The highest BCUT2D eigenvalue weighted by atomic mass is 16.5. The standard InChI is InChI=1S/C21H22N2O4/c22-17(24)10-12-21(13-11-18(23)25)19(26)15-8-4-5-9-16(15)27-20(21)14-6-2-1-3-7-14/h1-9,20H,10-13H2,(H2,22,24)(H2,23,25). The molecule has 27 heavy (non-hydrogen) atoms. The maximum Gasteiger partial charge on any atom is 0.217 e. The molecule has 0 radical (unpaired) electrons. The van der Waals surface area contributed by atoms with Crippen molar-refractivity contribution in [2.24, 2.45) is 16.9 Å². The Kier molecular flexibility index (Phi) is 5.26. The van der Waals surface area contributed by atoms with Crippen LogP contribution in [0.25, 0.3) is 0 Å². The second kappa shape index (κ2) is 7.61. The Morgan fingerprint density at radius 2 is 1.44 bits per heavy atom. The van der Waals surface area contributed by atoms with Crippen LogP contribution in [-0.4, -0.2) is 17.6 Å². The topological polar surface area (TPSA) is 112 Å². The number of primary amides is 2. The lowest BCUT2D eigenvalue weighted by atomic mass is 9.66. The average molecular weight is 366 g/mol. The maximum absolute atomic E-state index is 13.6. The molecule has 1 aliphatic heterocycles. The fourth-order valence-corrected chi connectivity index (χ4v) is 3.71. The molecule has 3 rings (SSSR count). The van der Waals surface area contributed by atoms with Crippen molar-refractivity contribution in [2.45, 2.75) is 31.8 Å². The highest BCUT2D eigenvalue weighted by molar-refractivity contribution is 6.04. The smallest absolute Gasteiger partial charge is 0.217 e. The first kappa shape index (κ1) is 18.6. The number of amides is 2. The van der Waals surface area contributed by atoms with E-state index in [1.165, 1.54) is 0 Å². The molecule has 0 bridgehead atoms. The fraction of sp³-hybridized carbons (Fsp3) is 0.286. The van der Waals surface area contributed by atoms with Crippen molar-refractivity contribution >= 4 is 17.6 Å². The summed E-state index contributed by atoms with van der Waals surface area (Å²) < 4.78 is 6.24. The number of fused-ring (bicyclic) bond motifs is 1. The number of para-hydroxylation sites is 1. The van der Waals surface area contributed by atoms with Crippen LogP contribution in [0.5, 0.6) is 5.75 Å². The van der Waals surface area contributed by atoms with Gasteiger partial charge in [0.05, 0.1) is 11.0 Å². The number of rotatable bonds is 7. The van der Waals surface area contributed by atoms with E-state index < -0.39 is 23.3 Å². The summed E-state index contributed by atoms with van der Waals surface area (Å²) >= 11 is 0. The van der Waals surface area contributed by atoms with Crippen molar-refractivity contribution in [3.05, 3.63) is 65.7 Å². The predicted molar refractivity (Wildman–Crippen MR) is 99.9 cm³/mol. The third kappa shape index (κ3) is 3.69. The van der Waals surface area contributed by atoms with E-state index in [1.54, 1.807) is 24.3 Å². The molecule has 2 aromatic rings. The first-order valence-electron chi connectivity index (χ1n) is 8.86. The molecule has 0 saturated carbocycles. The van der Waals surface area contributed by atoms with Gasteiger partial charge in [0.1, 0.15) is 11.9 Å². The molecule has 6 nitrogen and oxygen atoms in total. The van der Waals surface area contributed by atoms with Gasteiger partial charge < -0.3 is 16.2 Å².